The SMILES string of the molecule is Cc1cc(C(=O)NS(=O)(=O)c2ccc(F)cc2)ccc1N1C(=O)CSC1c1ccc(F)cc1. The van der Waals surface area contributed by atoms with E-state index in [4.69, 9.17) is 0 Å². The Morgan fingerprint density at radius 3 is 2.21 bits per heavy atom. The lowest BCUT2D eigenvalue weighted by molar-refractivity contribution is -0.115. The van der Waals surface area contributed by atoms with E-state index in [-0.39, 0.29) is 33.3 Å². The summed E-state index contributed by atoms with van der Waals surface area (Å²) < 4.78 is 53.2. The molecule has 1 aliphatic rings. The van der Waals surface area contributed by atoms with Crippen LogP contribution < -0.4 is 9.62 Å². The van der Waals surface area contributed by atoms with Crippen molar-refractivity contribution in [2.24, 2.45) is 0 Å². The summed E-state index contributed by atoms with van der Waals surface area (Å²) in [6, 6.07) is 14.5. The summed E-state index contributed by atoms with van der Waals surface area (Å²) >= 11 is 1.41. The summed E-state index contributed by atoms with van der Waals surface area (Å²) in [5.41, 5.74) is 2.00. The van der Waals surface area contributed by atoms with E-state index in [1.54, 1.807) is 30.0 Å². The average molecular weight is 489 g/mol. The van der Waals surface area contributed by atoms with Crippen LogP contribution >= 0.6 is 11.8 Å². The highest BCUT2D eigenvalue weighted by molar-refractivity contribution is 8.00. The number of anilines is 1. The fourth-order valence-electron chi connectivity index (χ4n) is 3.48. The Balaban J connectivity index is 1.58. The molecule has 33 heavy (non-hydrogen) atoms. The summed E-state index contributed by atoms with van der Waals surface area (Å²) in [6.45, 7) is 1.71. The molecule has 170 valence electrons. The third-order valence-corrected chi connectivity index (χ3v) is 7.65. The Hall–Kier alpha value is -3.24. The minimum Gasteiger partial charge on any atom is -0.295 e. The summed E-state index contributed by atoms with van der Waals surface area (Å²) in [7, 11) is -4.18. The van der Waals surface area contributed by atoms with Crippen molar-refractivity contribution in [2.45, 2.75) is 17.2 Å². The monoisotopic (exact) mass is 488 g/mol. The molecule has 0 aromatic heterocycles. The highest BCUT2D eigenvalue weighted by Gasteiger charge is 2.35. The van der Waals surface area contributed by atoms with Gasteiger partial charge in [-0.3, -0.25) is 14.5 Å². The molecule has 1 fully saturated rings. The summed E-state index contributed by atoms with van der Waals surface area (Å²) in [6.07, 6.45) is 0. The normalized spacial score (nSPS) is 16.2. The number of thioether (sulfide) groups is 1. The largest absolute Gasteiger partial charge is 0.295 e. The van der Waals surface area contributed by atoms with E-state index in [9.17, 15) is 26.8 Å². The summed E-state index contributed by atoms with van der Waals surface area (Å²) in [5, 5.41) is -0.352. The van der Waals surface area contributed by atoms with Gasteiger partial charge in [0.2, 0.25) is 5.91 Å². The van der Waals surface area contributed by atoms with Gasteiger partial charge < -0.3 is 0 Å². The number of carbonyl (C=O) groups excluding carboxylic acids is 2. The molecule has 0 radical (unpaired) electrons. The Labute approximate surface area is 193 Å². The lowest BCUT2D eigenvalue weighted by Crippen LogP contribution is -2.31. The fraction of sp³-hybridized carbons (Fsp3) is 0.130. The van der Waals surface area contributed by atoms with Crippen molar-refractivity contribution in [1.29, 1.82) is 0 Å². The second kappa shape index (κ2) is 8.95. The topological polar surface area (TPSA) is 83.6 Å². The van der Waals surface area contributed by atoms with Crippen LogP contribution in [-0.2, 0) is 14.8 Å². The van der Waals surface area contributed by atoms with E-state index >= 15 is 0 Å². The quantitative estimate of drug-likeness (QED) is 0.583. The van der Waals surface area contributed by atoms with Crippen LogP contribution in [0.1, 0.15) is 26.9 Å². The molecule has 1 N–H and O–H groups in total. The second-order valence-electron chi connectivity index (χ2n) is 7.37. The van der Waals surface area contributed by atoms with E-state index < -0.39 is 21.7 Å². The molecule has 0 bridgehead atoms. The zero-order valence-electron chi connectivity index (χ0n) is 17.3. The lowest BCUT2D eigenvalue weighted by atomic mass is 10.1. The zero-order chi connectivity index (χ0) is 23.8. The predicted octanol–water partition coefficient (Wildman–Crippen LogP) is 4.17. The maximum Gasteiger partial charge on any atom is 0.265 e. The number of halogens is 2. The molecule has 1 saturated heterocycles. The minimum atomic E-state index is -4.18. The van der Waals surface area contributed by atoms with Crippen LogP contribution in [0.4, 0.5) is 14.5 Å². The van der Waals surface area contributed by atoms with E-state index in [1.165, 1.54) is 36.0 Å². The molecule has 0 aliphatic carbocycles. The van der Waals surface area contributed by atoms with Crippen molar-refractivity contribution in [3.63, 3.8) is 0 Å². The van der Waals surface area contributed by atoms with Gasteiger partial charge in [-0.05, 0) is 72.6 Å². The molecule has 1 atom stereocenters. The van der Waals surface area contributed by atoms with E-state index in [0.717, 1.165) is 29.8 Å². The third-order valence-electron chi connectivity index (χ3n) is 5.09. The molecule has 3 aromatic rings. The Morgan fingerprint density at radius 1 is 1.00 bits per heavy atom. The average Bonchev–Trinajstić information content (AvgIpc) is 3.15. The van der Waals surface area contributed by atoms with Crippen LogP contribution in [0.25, 0.3) is 0 Å². The standard InChI is InChI=1S/C23H18F2N2O4S2/c1-14-12-16(22(29)26-33(30,31)19-9-7-18(25)8-10-19)4-11-20(14)27-21(28)13-32-23(27)15-2-5-17(24)6-3-15/h2-12,23H,13H2,1H3,(H,26,29). The van der Waals surface area contributed by atoms with Crippen molar-refractivity contribution >= 4 is 39.3 Å². The number of sulfonamides is 1. The highest BCUT2D eigenvalue weighted by atomic mass is 32.2. The molecule has 1 heterocycles. The van der Waals surface area contributed by atoms with Crippen LogP contribution in [0.3, 0.4) is 0 Å². The lowest BCUT2D eigenvalue weighted by Gasteiger charge is -2.26. The molecule has 0 spiro atoms. The van der Waals surface area contributed by atoms with E-state index in [1.807, 2.05) is 4.72 Å². The number of benzene rings is 3. The van der Waals surface area contributed by atoms with Crippen LogP contribution in [0.2, 0.25) is 0 Å². The first kappa shape index (κ1) is 22.9. The molecule has 3 aromatic carbocycles. The molecule has 4 rings (SSSR count). The van der Waals surface area contributed by atoms with Crippen molar-refractivity contribution in [2.75, 3.05) is 10.7 Å². The van der Waals surface area contributed by atoms with Crippen molar-refractivity contribution in [1.82, 2.24) is 4.72 Å². The molecule has 1 unspecified atom stereocenters. The third kappa shape index (κ3) is 4.76. The number of hydrogen-bond donors (Lipinski definition) is 1. The molecule has 6 nitrogen and oxygen atoms in total. The molecule has 0 saturated carbocycles. The Morgan fingerprint density at radius 2 is 1.61 bits per heavy atom. The predicted molar refractivity (Wildman–Crippen MR) is 121 cm³/mol. The Bertz CT molecular complexity index is 1330. The first-order valence-electron chi connectivity index (χ1n) is 9.78. The number of nitrogens with zero attached hydrogens (tertiary/aromatic N) is 1. The Kier molecular flexibility index (Phi) is 6.22. The van der Waals surface area contributed by atoms with Gasteiger partial charge in [-0.15, -0.1) is 11.8 Å². The number of hydrogen-bond acceptors (Lipinski definition) is 5. The highest BCUT2D eigenvalue weighted by Crippen LogP contribution is 2.42. The van der Waals surface area contributed by atoms with Crippen LogP contribution in [0.15, 0.2) is 71.6 Å². The van der Waals surface area contributed by atoms with Crippen molar-refractivity contribution in [3.8, 4) is 0 Å². The summed E-state index contributed by atoms with van der Waals surface area (Å²) in [5.74, 6) is -1.71. The molecule has 2 amide bonds. The first-order chi connectivity index (χ1) is 15.7. The summed E-state index contributed by atoms with van der Waals surface area (Å²) in [4.78, 5) is 26.5. The molecule has 1 aliphatic heterocycles. The van der Waals surface area contributed by atoms with E-state index in [0.29, 0.717) is 11.3 Å². The number of aryl methyl sites for hydroxylation is 1. The van der Waals surface area contributed by atoms with Crippen molar-refractivity contribution < 1.29 is 26.8 Å². The minimum absolute atomic E-state index is 0.0829. The van der Waals surface area contributed by atoms with Gasteiger partial charge in [0.15, 0.2) is 0 Å². The van der Waals surface area contributed by atoms with E-state index in [2.05, 4.69) is 0 Å². The van der Waals surface area contributed by atoms with Crippen molar-refractivity contribution in [3.05, 3.63) is 95.1 Å². The number of nitrogens with one attached hydrogen (secondary N) is 1. The number of carbonyl (C=O) groups is 2. The van der Waals surface area contributed by atoms with Crippen LogP contribution in [0.5, 0.6) is 0 Å². The maximum absolute atomic E-state index is 13.3. The molecular weight excluding hydrogens is 470 g/mol. The number of rotatable bonds is 5. The van der Waals surface area contributed by atoms with Gasteiger partial charge in [0.05, 0.1) is 10.6 Å². The van der Waals surface area contributed by atoms with Gasteiger partial charge in [0, 0.05) is 11.3 Å². The van der Waals surface area contributed by atoms with Gasteiger partial charge in [-0.25, -0.2) is 21.9 Å². The first-order valence-corrected chi connectivity index (χ1v) is 12.3. The number of amides is 2. The van der Waals surface area contributed by atoms with Crippen LogP contribution in [0, 0.1) is 18.6 Å². The second-order valence-corrected chi connectivity index (χ2v) is 10.1. The zero-order valence-corrected chi connectivity index (χ0v) is 18.9. The smallest absolute Gasteiger partial charge is 0.265 e. The van der Waals surface area contributed by atoms with Gasteiger partial charge >= 0.3 is 0 Å². The fourth-order valence-corrected chi connectivity index (χ4v) is 5.62. The molecular formula is C23H18F2N2O4S2. The molecule has 10 heteroatoms. The maximum atomic E-state index is 13.3. The van der Waals surface area contributed by atoms with Gasteiger partial charge in [0.1, 0.15) is 17.0 Å². The van der Waals surface area contributed by atoms with Gasteiger partial charge in [-0.2, -0.15) is 0 Å². The van der Waals surface area contributed by atoms with Gasteiger partial charge in [-0.1, -0.05) is 12.1 Å². The van der Waals surface area contributed by atoms with Gasteiger partial charge in [0.25, 0.3) is 15.9 Å². The van der Waals surface area contributed by atoms with Crippen LogP contribution in [-0.4, -0.2) is 26.0 Å².